The topological polar surface area (TPSA) is 26.3 Å². The van der Waals surface area contributed by atoms with Crippen LogP contribution < -0.4 is 0 Å². The predicted octanol–water partition coefficient (Wildman–Crippen LogP) is 4.58. The third kappa shape index (κ3) is 9.88. The number of carbonyl (C=O) groups excluding carboxylic acids is 1. The molecule has 2 nitrogen and oxygen atoms in total. The molecule has 0 radical (unpaired) electrons. The first kappa shape index (κ1) is 16.7. The van der Waals surface area contributed by atoms with E-state index in [1.165, 1.54) is 18.3 Å². The van der Waals surface area contributed by atoms with Crippen LogP contribution in [0.1, 0.15) is 53.4 Å². The Bertz CT molecular complexity index is 342. The number of methoxy groups -OCH3 is 1. The van der Waals surface area contributed by atoms with Crippen LogP contribution in [0.5, 0.6) is 0 Å². The predicted molar refractivity (Wildman–Crippen MR) is 77.4 cm³/mol. The average molecular weight is 250 g/mol. The van der Waals surface area contributed by atoms with Gasteiger partial charge in [-0.25, -0.2) is 4.79 Å². The summed E-state index contributed by atoms with van der Waals surface area (Å²) in [6.07, 6.45) is 10.2. The Morgan fingerprint density at radius 1 is 0.944 bits per heavy atom. The highest BCUT2D eigenvalue weighted by molar-refractivity contribution is 5.82. The first-order chi connectivity index (χ1) is 8.45. The number of rotatable bonds is 7. The smallest absolute Gasteiger partial charge is 0.330 e. The van der Waals surface area contributed by atoms with Crippen molar-refractivity contribution < 1.29 is 9.53 Å². The molecule has 0 heterocycles. The summed E-state index contributed by atoms with van der Waals surface area (Å²) in [6.45, 7) is 8.38. The molecule has 0 aromatic rings. The molecule has 2 heteroatoms. The molecule has 0 atom stereocenters. The van der Waals surface area contributed by atoms with Crippen LogP contribution in [0.3, 0.4) is 0 Å². The van der Waals surface area contributed by atoms with Gasteiger partial charge in [-0.3, -0.25) is 0 Å². The minimum atomic E-state index is -0.267. The Morgan fingerprint density at radius 2 is 1.50 bits per heavy atom. The first-order valence-corrected chi connectivity index (χ1v) is 6.49. The van der Waals surface area contributed by atoms with Gasteiger partial charge in [-0.2, -0.15) is 0 Å². The summed E-state index contributed by atoms with van der Waals surface area (Å²) >= 11 is 0. The van der Waals surface area contributed by atoms with Gasteiger partial charge in [-0.05, 0) is 53.4 Å². The lowest BCUT2D eigenvalue weighted by Crippen LogP contribution is -1.95. The van der Waals surface area contributed by atoms with Crippen molar-refractivity contribution in [3.63, 3.8) is 0 Å². The molecule has 0 spiro atoms. The molecule has 0 saturated carbocycles. The van der Waals surface area contributed by atoms with Gasteiger partial charge in [-0.1, -0.05) is 28.9 Å². The molecule has 0 aromatic carbocycles. The number of carbonyl (C=O) groups is 1. The molecule has 0 aliphatic heterocycles. The molecule has 0 rings (SSSR count). The summed E-state index contributed by atoms with van der Waals surface area (Å²) in [6, 6.07) is 0. The highest BCUT2D eigenvalue weighted by Gasteiger charge is 1.96. The molecule has 0 bridgehead atoms. The Hall–Kier alpha value is -1.31. The zero-order valence-corrected chi connectivity index (χ0v) is 12.4. The lowest BCUT2D eigenvalue weighted by molar-refractivity contribution is -0.134. The lowest BCUT2D eigenvalue weighted by Gasteiger charge is -2.01. The lowest BCUT2D eigenvalue weighted by atomic mass is 10.1. The van der Waals surface area contributed by atoms with Crippen LogP contribution in [0.4, 0.5) is 0 Å². The molecule has 0 fully saturated rings. The first-order valence-electron chi connectivity index (χ1n) is 6.49. The van der Waals surface area contributed by atoms with E-state index in [1.807, 2.05) is 6.92 Å². The van der Waals surface area contributed by atoms with Crippen LogP contribution >= 0.6 is 0 Å². The van der Waals surface area contributed by atoms with E-state index in [1.54, 1.807) is 6.08 Å². The molecule has 0 unspecified atom stereocenters. The zero-order chi connectivity index (χ0) is 14.0. The molecular weight excluding hydrogens is 224 g/mol. The second kappa shape index (κ2) is 9.69. The Kier molecular flexibility index (Phi) is 8.99. The second-order valence-corrected chi connectivity index (χ2v) is 4.92. The van der Waals surface area contributed by atoms with E-state index in [2.05, 4.69) is 37.7 Å². The third-order valence-electron chi connectivity index (χ3n) is 2.69. The summed E-state index contributed by atoms with van der Waals surface area (Å²) in [7, 11) is 1.40. The molecule has 0 aromatic heterocycles. The summed E-state index contributed by atoms with van der Waals surface area (Å²) in [5, 5.41) is 0. The Labute approximate surface area is 111 Å². The van der Waals surface area contributed by atoms with E-state index in [9.17, 15) is 4.79 Å². The minimum absolute atomic E-state index is 0.267. The highest BCUT2D eigenvalue weighted by Crippen LogP contribution is 2.11. The third-order valence-corrected chi connectivity index (χ3v) is 2.69. The monoisotopic (exact) mass is 250 g/mol. The quantitative estimate of drug-likeness (QED) is 0.375. The van der Waals surface area contributed by atoms with Crippen molar-refractivity contribution in [3.8, 4) is 0 Å². The van der Waals surface area contributed by atoms with Crippen LogP contribution in [-0.4, -0.2) is 13.1 Å². The van der Waals surface area contributed by atoms with Gasteiger partial charge in [0, 0.05) is 6.08 Å². The van der Waals surface area contributed by atoms with Crippen LogP contribution in [0.15, 0.2) is 34.9 Å². The summed E-state index contributed by atoms with van der Waals surface area (Å²) in [5.41, 5.74) is 3.85. The van der Waals surface area contributed by atoms with Crippen LogP contribution in [-0.2, 0) is 9.53 Å². The fourth-order valence-electron chi connectivity index (χ4n) is 1.57. The molecule has 0 saturated heterocycles. The standard InChI is InChI=1S/C16H26O2/c1-13(2)8-6-9-14(3)10-7-11-15(4)12-16(17)18-5/h8,10,12H,6-7,9,11H2,1-5H3/b14-10-,15-12-. The summed E-state index contributed by atoms with van der Waals surface area (Å²) in [4.78, 5) is 11.0. The van der Waals surface area contributed by atoms with E-state index in [0.29, 0.717) is 0 Å². The Balaban J connectivity index is 3.97. The van der Waals surface area contributed by atoms with E-state index in [4.69, 9.17) is 0 Å². The highest BCUT2D eigenvalue weighted by atomic mass is 16.5. The fraction of sp³-hybridized carbons (Fsp3) is 0.562. The fourth-order valence-corrected chi connectivity index (χ4v) is 1.57. The van der Waals surface area contributed by atoms with Gasteiger partial charge in [0.15, 0.2) is 0 Å². The number of hydrogen-bond acceptors (Lipinski definition) is 2. The second-order valence-electron chi connectivity index (χ2n) is 4.92. The van der Waals surface area contributed by atoms with Crippen LogP contribution in [0.25, 0.3) is 0 Å². The molecule has 18 heavy (non-hydrogen) atoms. The van der Waals surface area contributed by atoms with Crippen molar-refractivity contribution >= 4 is 5.97 Å². The van der Waals surface area contributed by atoms with E-state index < -0.39 is 0 Å². The van der Waals surface area contributed by atoms with Gasteiger partial charge < -0.3 is 4.74 Å². The van der Waals surface area contributed by atoms with Crippen molar-refractivity contribution in [2.75, 3.05) is 7.11 Å². The van der Waals surface area contributed by atoms with Gasteiger partial charge in [0.05, 0.1) is 7.11 Å². The van der Waals surface area contributed by atoms with E-state index in [0.717, 1.165) is 31.3 Å². The number of allylic oxidation sites excluding steroid dienone is 5. The summed E-state index contributed by atoms with van der Waals surface area (Å²) < 4.78 is 4.59. The van der Waals surface area contributed by atoms with Crippen molar-refractivity contribution in [1.82, 2.24) is 0 Å². The van der Waals surface area contributed by atoms with Crippen molar-refractivity contribution in [2.24, 2.45) is 0 Å². The maximum atomic E-state index is 11.0. The zero-order valence-electron chi connectivity index (χ0n) is 12.4. The SMILES string of the molecule is COC(=O)/C=C(/C)CC/C=C(/C)CCC=C(C)C. The van der Waals surface area contributed by atoms with Crippen LogP contribution in [0, 0.1) is 0 Å². The van der Waals surface area contributed by atoms with Gasteiger partial charge >= 0.3 is 5.97 Å². The van der Waals surface area contributed by atoms with Crippen molar-refractivity contribution in [1.29, 1.82) is 0 Å². The molecule has 0 aliphatic carbocycles. The number of ether oxygens (including phenoxy) is 1. The molecular formula is C16H26O2. The minimum Gasteiger partial charge on any atom is -0.466 e. The molecule has 0 N–H and O–H groups in total. The van der Waals surface area contributed by atoms with Gasteiger partial charge in [0.1, 0.15) is 0 Å². The van der Waals surface area contributed by atoms with E-state index >= 15 is 0 Å². The molecule has 0 aliphatic rings. The average Bonchev–Trinajstić information content (AvgIpc) is 2.28. The Morgan fingerprint density at radius 3 is 2.06 bits per heavy atom. The largest absolute Gasteiger partial charge is 0.466 e. The number of esters is 1. The van der Waals surface area contributed by atoms with Gasteiger partial charge in [0.2, 0.25) is 0 Å². The van der Waals surface area contributed by atoms with Gasteiger partial charge in [-0.15, -0.1) is 0 Å². The van der Waals surface area contributed by atoms with E-state index in [-0.39, 0.29) is 5.97 Å². The summed E-state index contributed by atoms with van der Waals surface area (Å²) in [5.74, 6) is -0.267. The molecule has 102 valence electrons. The van der Waals surface area contributed by atoms with Crippen LogP contribution in [0.2, 0.25) is 0 Å². The van der Waals surface area contributed by atoms with Crippen molar-refractivity contribution in [3.05, 3.63) is 34.9 Å². The molecule has 0 amide bonds. The normalized spacial score (nSPS) is 12.3. The maximum absolute atomic E-state index is 11.0. The van der Waals surface area contributed by atoms with Crippen molar-refractivity contribution in [2.45, 2.75) is 53.4 Å². The van der Waals surface area contributed by atoms with Gasteiger partial charge in [0.25, 0.3) is 0 Å². The number of hydrogen-bond donors (Lipinski definition) is 0. The maximum Gasteiger partial charge on any atom is 0.330 e.